The molecule has 0 spiro atoms. The van der Waals surface area contributed by atoms with Gasteiger partial charge in [-0.3, -0.25) is 0 Å². The molecular weight excluding hydrogens is 404 g/mol. The second kappa shape index (κ2) is 8.45. The van der Waals surface area contributed by atoms with Gasteiger partial charge in [0, 0.05) is 0 Å². The lowest BCUT2D eigenvalue weighted by atomic mass is 9.82. The smallest absolute Gasteiger partial charge is 0.357 e. The fourth-order valence-corrected chi connectivity index (χ4v) is 5.55. The van der Waals surface area contributed by atoms with Crippen molar-refractivity contribution in [2.75, 3.05) is 0 Å². The van der Waals surface area contributed by atoms with E-state index in [1.54, 1.807) is 24.3 Å². The number of hydroxylamine groups is 4. The Morgan fingerprint density at radius 1 is 0.625 bits per heavy atom. The van der Waals surface area contributed by atoms with E-state index in [0.29, 0.717) is 0 Å². The molecule has 0 aromatic heterocycles. The van der Waals surface area contributed by atoms with Gasteiger partial charge in [0.1, 0.15) is 0 Å². The highest BCUT2D eigenvalue weighted by Crippen LogP contribution is 2.40. The minimum Gasteiger partial charge on any atom is -0.363 e. The molecule has 1 aromatic rings. The summed E-state index contributed by atoms with van der Waals surface area (Å²) in [5.41, 5.74) is -0.683. The van der Waals surface area contributed by atoms with E-state index in [1.165, 1.54) is 0 Å². The lowest BCUT2D eigenvalue weighted by Gasteiger charge is -2.50. The van der Waals surface area contributed by atoms with Gasteiger partial charge in [0.2, 0.25) is 0 Å². The Hall–Kier alpha value is -1.92. The molecule has 2 heterocycles. The zero-order valence-corrected chi connectivity index (χ0v) is 21.1. The van der Waals surface area contributed by atoms with Crippen molar-refractivity contribution < 1.29 is 19.3 Å². The Morgan fingerprint density at radius 2 is 0.906 bits per heavy atom. The van der Waals surface area contributed by atoms with Crippen LogP contribution in [0.3, 0.4) is 0 Å². The third kappa shape index (κ3) is 4.86. The molecule has 0 amide bonds. The van der Waals surface area contributed by atoms with Crippen LogP contribution in [0.25, 0.3) is 0 Å². The molecule has 0 atom stereocenters. The van der Waals surface area contributed by atoms with Gasteiger partial charge in [-0.05, 0) is 106 Å². The summed E-state index contributed by atoms with van der Waals surface area (Å²) in [6.07, 6.45) is 5.91. The molecule has 0 aliphatic carbocycles. The van der Waals surface area contributed by atoms with Crippen molar-refractivity contribution in [2.45, 2.75) is 116 Å². The maximum absolute atomic E-state index is 13.3. The first-order valence-corrected chi connectivity index (χ1v) is 11.8. The minimum atomic E-state index is -0.530. The molecule has 0 radical (unpaired) electrons. The summed E-state index contributed by atoms with van der Waals surface area (Å²) >= 11 is 0. The van der Waals surface area contributed by atoms with E-state index in [4.69, 9.17) is 9.68 Å². The van der Waals surface area contributed by atoms with Gasteiger partial charge in [0.25, 0.3) is 0 Å². The largest absolute Gasteiger partial charge is 0.363 e. The molecule has 2 saturated heterocycles. The van der Waals surface area contributed by atoms with Crippen molar-refractivity contribution in [3.05, 3.63) is 35.4 Å². The molecule has 32 heavy (non-hydrogen) atoms. The van der Waals surface area contributed by atoms with Crippen LogP contribution in [0.2, 0.25) is 0 Å². The van der Waals surface area contributed by atoms with Gasteiger partial charge < -0.3 is 9.68 Å². The van der Waals surface area contributed by atoms with Crippen LogP contribution in [0.5, 0.6) is 0 Å². The molecule has 3 rings (SSSR count). The monoisotopic (exact) mass is 444 g/mol. The van der Waals surface area contributed by atoms with Gasteiger partial charge in [-0.1, -0.05) is 12.1 Å². The maximum Gasteiger partial charge on any atom is 0.357 e. The van der Waals surface area contributed by atoms with Crippen molar-refractivity contribution in [1.29, 1.82) is 0 Å². The Labute approximate surface area is 193 Å². The van der Waals surface area contributed by atoms with Gasteiger partial charge in [-0.2, -0.15) is 0 Å². The van der Waals surface area contributed by atoms with Gasteiger partial charge in [0.05, 0.1) is 33.3 Å². The molecule has 0 unspecified atom stereocenters. The van der Waals surface area contributed by atoms with E-state index in [2.05, 4.69) is 55.4 Å². The van der Waals surface area contributed by atoms with Crippen molar-refractivity contribution in [3.8, 4) is 0 Å². The van der Waals surface area contributed by atoms with E-state index < -0.39 is 11.9 Å². The highest BCUT2D eigenvalue weighted by atomic mass is 16.7. The second-order valence-electron chi connectivity index (χ2n) is 11.8. The van der Waals surface area contributed by atoms with Crippen LogP contribution in [0, 0.1) is 0 Å². The quantitative estimate of drug-likeness (QED) is 0.575. The Kier molecular flexibility index (Phi) is 6.53. The van der Waals surface area contributed by atoms with Crippen LogP contribution in [-0.2, 0) is 9.68 Å². The topological polar surface area (TPSA) is 59.1 Å². The molecule has 2 aliphatic rings. The molecule has 0 N–H and O–H groups in total. The molecule has 178 valence electrons. The van der Waals surface area contributed by atoms with Crippen LogP contribution >= 0.6 is 0 Å². The van der Waals surface area contributed by atoms with Crippen molar-refractivity contribution >= 4 is 11.9 Å². The van der Waals surface area contributed by atoms with E-state index in [-0.39, 0.29) is 33.3 Å². The SMILES string of the molecule is CC1(C)CCCC(C)(C)N1OC(=O)c1ccccc1C(=O)ON1C(C)(C)CCCC1(C)C. The van der Waals surface area contributed by atoms with Crippen LogP contribution in [0.4, 0.5) is 0 Å². The van der Waals surface area contributed by atoms with Crippen molar-refractivity contribution in [1.82, 2.24) is 10.1 Å². The van der Waals surface area contributed by atoms with Crippen LogP contribution in [-0.4, -0.2) is 44.2 Å². The van der Waals surface area contributed by atoms with Crippen LogP contribution in [0.1, 0.15) is 115 Å². The second-order valence-corrected chi connectivity index (χ2v) is 11.8. The molecule has 2 fully saturated rings. The zero-order chi connectivity index (χ0) is 23.9. The number of hydrogen-bond acceptors (Lipinski definition) is 6. The lowest BCUT2D eigenvalue weighted by molar-refractivity contribution is -0.242. The molecule has 1 aromatic carbocycles. The number of nitrogens with zero attached hydrogens (tertiary/aromatic N) is 2. The number of benzene rings is 1. The molecule has 2 aliphatic heterocycles. The van der Waals surface area contributed by atoms with E-state index >= 15 is 0 Å². The summed E-state index contributed by atoms with van der Waals surface area (Å²) < 4.78 is 0. The zero-order valence-electron chi connectivity index (χ0n) is 21.1. The Balaban J connectivity index is 1.85. The number of hydrogen-bond donors (Lipinski definition) is 0. The van der Waals surface area contributed by atoms with Crippen molar-refractivity contribution in [3.63, 3.8) is 0 Å². The van der Waals surface area contributed by atoms with Crippen LogP contribution in [0.15, 0.2) is 24.3 Å². The molecule has 6 heteroatoms. The summed E-state index contributed by atoms with van der Waals surface area (Å²) in [5.74, 6) is -1.06. The van der Waals surface area contributed by atoms with E-state index in [9.17, 15) is 9.59 Å². The van der Waals surface area contributed by atoms with Gasteiger partial charge in [0.15, 0.2) is 0 Å². The standard InChI is InChI=1S/C26H40N2O4/c1-23(2)15-11-16-24(3,4)27(23)31-21(29)19-13-9-10-14-20(19)22(30)32-28-25(5,6)17-12-18-26(28,7)8/h9-10,13-14H,11-12,15-18H2,1-8H3. The summed E-state index contributed by atoms with van der Waals surface area (Å²) in [4.78, 5) is 38.4. The predicted molar refractivity (Wildman–Crippen MR) is 125 cm³/mol. The fraction of sp³-hybridized carbons (Fsp3) is 0.692. The maximum atomic E-state index is 13.3. The molecule has 6 nitrogen and oxygen atoms in total. The highest BCUT2D eigenvalue weighted by Gasteiger charge is 2.46. The summed E-state index contributed by atoms with van der Waals surface area (Å²) in [5, 5.41) is 3.62. The lowest BCUT2D eigenvalue weighted by Crippen LogP contribution is -2.59. The Bertz CT molecular complexity index is 769. The van der Waals surface area contributed by atoms with Crippen molar-refractivity contribution in [2.24, 2.45) is 0 Å². The average molecular weight is 445 g/mol. The fourth-order valence-electron chi connectivity index (χ4n) is 5.55. The summed E-state index contributed by atoms with van der Waals surface area (Å²) in [6.45, 7) is 16.7. The average Bonchev–Trinajstić information content (AvgIpc) is 2.66. The number of carbonyl (C=O) groups excluding carboxylic acids is 2. The van der Waals surface area contributed by atoms with E-state index in [1.807, 2.05) is 10.1 Å². The molecule has 0 bridgehead atoms. The first-order valence-electron chi connectivity index (χ1n) is 11.8. The van der Waals surface area contributed by atoms with E-state index in [0.717, 1.165) is 38.5 Å². The number of rotatable bonds is 4. The Morgan fingerprint density at radius 3 is 1.19 bits per heavy atom. The number of carbonyl (C=O) groups is 2. The number of piperidine rings is 2. The van der Waals surface area contributed by atoms with Crippen LogP contribution < -0.4 is 0 Å². The summed E-state index contributed by atoms with van der Waals surface area (Å²) in [6, 6.07) is 6.76. The van der Waals surface area contributed by atoms with Gasteiger partial charge >= 0.3 is 11.9 Å². The first kappa shape index (κ1) is 24.7. The summed E-state index contributed by atoms with van der Waals surface area (Å²) in [7, 11) is 0. The van der Waals surface area contributed by atoms with Gasteiger partial charge in [-0.25, -0.2) is 9.59 Å². The third-order valence-electron chi connectivity index (χ3n) is 7.07. The third-order valence-corrected chi connectivity index (χ3v) is 7.07. The highest BCUT2D eigenvalue weighted by molar-refractivity contribution is 6.03. The van der Waals surface area contributed by atoms with Gasteiger partial charge in [-0.15, -0.1) is 10.1 Å². The molecular formula is C26H40N2O4. The predicted octanol–water partition coefficient (Wildman–Crippen LogP) is 5.92. The first-order chi connectivity index (χ1) is 14.7. The normalized spacial score (nSPS) is 24.5. The minimum absolute atomic E-state index is 0.224. The molecule has 0 saturated carbocycles.